The minimum absolute atomic E-state index is 0.104. The maximum atomic E-state index is 13.0. The Morgan fingerprint density at radius 3 is 2.71 bits per heavy atom. The quantitative estimate of drug-likeness (QED) is 0.620. The number of halogens is 3. The average molecular weight is 430 g/mol. The van der Waals surface area contributed by atoms with Gasteiger partial charge < -0.3 is 15.4 Å². The molecule has 0 radical (unpaired) electrons. The molecule has 2 heterocycles. The number of nitrogens with zero attached hydrogens (tertiary/aromatic N) is 2. The number of hydrogen-bond donors (Lipinski definition) is 2. The summed E-state index contributed by atoms with van der Waals surface area (Å²) in [5.41, 5.74) is 0.463. The van der Waals surface area contributed by atoms with E-state index in [1.807, 2.05) is 24.3 Å². The van der Waals surface area contributed by atoms with Crippen LogP contribution in [0.3, 0.4) is 0 Å². The lowest BCUT2D eigenvalue weighted by molar-refractivity contribution is -0.137. The number of hydrogen-bond acceptors (Lipinski definition) is 5. The van der Waals surface area contributed by atoms with Crippen molar-refractivity contribution >= 4 is 22.6 Å². The molecule has 162 valence electrons. The zero-order chi connectivity index (χ0) is 21.8. The van der Waals surface area contributed by atoms with E-state index in [1.165, 1.54) is 6.07 Å². The van der Waals surface area contributed by atoms with Crippen LogP contribution in [0.25, 0.3) is 10.9 Å². The van der Waals surface area contributed by atoms with Crippen LogP contribution >= 0.6 is 0 Å². The van der Waals surface area contributed by atoms with Gasteiger partial charge in [-0.2, -0.15) is 13.2 Å². The van der Waals surface area contributed by atoms with Crippen molar-refractivity contribution in [3.63, 3.8) is 0 Å². The Hall–Kier alpha value is -3.20. The number of anilines is 1. The van der Waals surface area contributed by atoms with Gasteiger partial charge >= 0.3 is 6.18 Å². The largest absolute Gasteiger partial charge is 0.416 e. The summed E-state index contributed by atoms with van der Waals surface area (Å²) >= 11 is 0. The van der Waals surface area contributed by atoms with E-state index in [9.17, 15) is 18.0 Å². The van der Waals surface area contributed by atoms with E-state index >= 15 is 0 Å². The molecule has 31 heavy (non-hydrogen) atoms. The van der Waals surface area contributed by atoms with Gasteiger partial charge in [-0.15, -0.1) is 0 Å². The molecule has 0 spiro atoms. The second-order valence-corrected chi connectivity index (χ2v) is 7.34. The third kappa shape index (κ3) is 5.11. The summed E-state index contributed by atoms with van der Waals surface area (Å²) in [6.07, 6.45) is -3.71. The molecule has 6 nitrogen and oxygen atoms in total. The van der Waals surface area contributed by atoms with Gasteiger partial charge in [0.1, 0.15) is 5.82 Å². The Bertz CT molecular complexity index is 1080. The maximum absolute atomic E-state index is 13.0. The Morgan fingerprint density at radius 1 is 1.10 bits per heavy atom. The number of alkyl halides is 3. The second-order valence-electron chi connectivity index (χ2n) is 7.34. The molecule has 1 saturated heterocycles. The molecule has 2 aromatic carbocycles. The normalized spacial score (nSPS) is 16.4. The number of carbonyl (C=O) groups is 1. The van der Waals surface area contributed by atoms with Crippen LogP contribution in [-0.4, -0.2) is 29.1 Å². The van der Waals surface area contributed by atoms with Gasteiger partial charge in [-0.1, -0.05) is 24.3 Å². The molecular weight excluding hydrogens is 409 g/mol. The van der Waals surface area contributed by atoms with E-state index in [1.54, 1.807) is 6.07 Å². The molecule has 2 N–H and O–H groups in total. The van der Waals surface area contributed by atoms with Crippen LogP contribution in [-0.2, 0) is 28.8 Å². The predicted octanol–water partition coefficient (Wildman–Crippen LogP) is 3.91. The number of rotatable bonds is 6. The Kier molecular flexibility index (Phi) is 6.03. The number of fused-ring (bicyclic) bond motifs is 1. The second kappa shape index (κ2) is 8.89. The van der Waals surface area contributed by atoms with Crippen molar-refractivity contribution in [2.75, 3.05) is 18.5 Å². The molecular formula is C22H21F3N4O2. The fraction of sp³-hybridized carbons (Fsp3) is 0.318. The molecule has 0 aliphatic carbocycles. The maximum Gasteiger partial charge on any atom is 0.416 e. The Labute approximate surface area is 176 Å². The molecule has 1 aliphatic heterocycles. The van der Waals surface area contributed by atoms with Gasteiger partial charge in [0.2, 0.25) is 5.91 Å². The van der Waals surface area contributed by atoms with E-state index in [-0.39, 0.29) is 24.9 Å². The van der Waals surface area contributed by atoms with Crippen molar-refractivity contribution in [3.8, 4) is 0 Å². The summed E-state index contributed by atoms with van der Waals surface area (Å²) < 4.78 is 44.2. The first-order chi connectivity index (χ1) is 14.9. The van der Waals surface area contributed by atoms with E-state index in [4.69, 9.17) is 4.74 Å². The van der Waals surface area contributed by atoms with Gasteiger partial charge in [-0.3, -0.25) is 4.79 Å². The summed E-state index contributed by atoms with van der Waals surface area (Å²) in [6, 6.07) is 12.5. The number of benzene rings is 2. The number of aromatic nitrogens is 2. The number of para-hydroxylation sites is 1. The number of ether oxygens (including phenoxy) is 1. The lowest BCUT2D eigenvalue weighted by Gasteiger charge is -2.13. The minimum atomic E-state index is -4.40. The van der Waals surface area contributed by atoms with Crippen LogP contribution in [0.5, 0.6) is 0 Å². The minimum Gasteiger partial charge on any atom is -0.381 e. The van der Waals surface area contributed by atoms with E-state index in [0.717, 1.165) is 17.5 Å². The molecule has 9 heteroatoms. The van der Waals surface area contributed by atoms with E-state index in [0.29, 0.717) is 42.4 Å². The zero-order valence-corrected chi connectivity index (χ0v) is 16.6. The number of amides is 1. The summed E-state index contributed by atoms with van der Waals surface area (Å²) in [4.78, 5) is 21.2. The van der Waals surface area contributed by atoms with Crippen LogP contribution in [0.4, 0.5) is 19.0 Å². The smallest absolute Gasteiger partial charge is 0.381 e. The molecule has 0 bridgehead atoms. The highest BCUT2D eigenvalue weighted by atomic mass is 19.4. The van der Waals surface area contributed by atoms with Crippen LogP contribution in [0, 0.1) is 5.92 Å². The van der Waals surface area contributed by atoms with Crippen LogP contribution in [0.2, 0.25) is 0 Å². The van der Waals surface area contributed by atoms with Gasteiger partial charge in [-0.05, 0) is 36.2 Å². The summed E-state index contributed by atoms with van der Waals surface area (Å²) in [5, 5.41) is 6.69. The fourth-order valence-electron chi connectivity index (χ4n) is 3.43. The van der Waals surface area contributed by atoms with Crippen molar-refractivity contribution in [1.82, 2.24) is 15.3 Å². The molecule has 1 atom stereocenters. The third-order valence-electron chi connectivity index (χ3n) is 5.09. The van der Waals surface area contributed by atoms with Crippen molar-refractivity contribution in [3.05, 3.63) is 65.5 Å². The molecule has 3 aromatic rings. The highest BCUT2D eigenvalue weighted by molar-refractivity contribution is 5.89. The summed E-state index contributed by atoms with van der Waals surface area (Å²) in [5.74, 6) is 0.640. The molecule has 1 aliphatic rings. The Balaban J connectivity index is 1.52. The first-order valence-corrected chi connectivity index (χ1v) is 9.91. The van der Waals surface area contributed by atoms with Gasteiger partial charge in [0, 0.05) is 18.5 Å². The van der Waals surface area contributed by atoms with E-state index < -0.39 is 11.7 Å². The van der Waals surface area contributed by atoms with E-state index in [2.05, 4.69) is 20.6 Å². The first-order valence-electron chi connectivity index (χ1n) is 9.91. The first kappa shape index (κ1) is 21.0. The standard InChI is InChI=1S/C22H21F3N4O2/c23-22(24,25)16-5-3-4-14(10-16)11-26-20-17-6-1-2-7-18(17)28-19(29-20)12-27-21(30)15-8-9-31-13-15/h1-7,10,15H,8-9,11-13H2,(H,27,30)(H,26,28,29). The van der Waals surface area contributed by atoms with Crippen molar-refractivity contribution < 1.29 is 22.7 Å². The zero-order valence-electron chi connectivity index (χ0n) is 16.6. The number of nitrogens with one attached hydrogen (secondary N) is 2. The molecule has 1 amide bonds. The van der Waals surface area contributed by atoms with Gasteiger partial charge in [0.05, 0.1) is 30.1 Å². The van der Waals surface area contributed by atoms with Crippen LogP contribution in [0.1, 0.15) is 23.4 Å². The third-order valence-corrected chi connectivity index (χ3v) is 5.09. The molecule has 1 unspecified atom stereocenters. The SMILES string of the molecule is O=C(NCc1nc(NCc2cccc(C(F)(F)F)c2)c2ccccc2n1)C1CCOC1. The lowest BCUT2D eigenvalue weighted by Crippen LogP contribution is -2.31. The topological polar surface area (TPSA) is 76.1 Å². The van der Waals surface area contributed by atoms with Gasteiger partial charge in [-0.25, -0.2) is 9.97 Å². The highest BCUT2D eigenvalue weighted by Crippen LogP contribution is 2.30. The molecule has 1 aromatic heterocycles. The molecule has 4 rings (SSSR count). The molecule has 0 saturated carbocycles. The van der Waals surface area contributed by atoms with Crippen molar-refractivity contribution in [2.45, 2.75) is 25.7 Å². The van der Waals surface area contributed by atoms with Crippen molar-refractivity contribution in [2.24, 2.45) is 5.92 Å². The highest BCUT2D eigenvalue weighted by Gasteiger charge is 2.30. The van der Waals surface area contributed by atoms with Gasteiger partial charge in [0.25, 0.3) is 0 Å². The predicted molar refractivity (Wildman–Crippen MR) is 109 cm³/mol. The van der Waals surface area contributed by atoms with Crippen LogP contribution < -0.4 is 10.6 Å². The lowest BCUT2D eigenvalue weighted by atomic mass is 10.1. The monoisotopic (exact) mass is 430 g/mol. The fourth-order valence-corrected chi connectivity index (χ4v) is 3.43. The van der Waals surface area contributed by atoms with Gasteiger partial charge in [0.15, 0.2) is 5.82 Å². The summed E-state index contributed by atoms with van der Waals surface area (Å²) in [6.45, 7) is 1.30. The number of carbonyl (C=O) groups excluding carboxylic acids is 1. The summed E-state index contributed by atoms with van der Waals surface area (Å²) in [7, 11) is 0. The Morgan fingerprint density at radius 2 is 1.94 bits per heavy atom. The molecule has 1 fully saturated rings. The van der Waals surface area contributed by atoms with Crippen molar-refractivity contribution in [1.29, 1.82) is 0 Å². The van der Waals surface area contributed by atoms with Crippen LogP contribution in [0.15, 0.2) is 48.5 Å². The average Bonchev–Trinajstić information content (AvgIpc) is 3.30.